The van der Waals surface area contributed by atoms with Crippen LogP contribution in [-0.2, 0) is 16.6 Å². The molecular weight excluding hydrogens is 351 g/mol. The maximum absolute atomic E-state index is 13.2. The zero-order valence-electron chi connectivity index (χ0n) is 10.0. The molecule has 1 aromatic carbocycles. The van der Waals surface area contributed by atoms with E-state index >= 15 is 0 Å². The van der Waals surface area contributed by atoms with Crippen LogP contribution in [0.1, 0.15) is 5.69 Å². The van der Waals surface area contributed by atoms with Gasteiger partial charge in [0.25, 0.3) is 0 Å². The van der Waals surface area contributed by atoms with Crippen molar-refractivity contribution >= 4 is 31.6 Å². The van der Waals surface area contributed by atoms with Crippen LogP contribution in [0.3, 0.4) is 0 Å². The molecule has 0 aliphatic carbocycles. The van der Waals surface area contributed by atoms with Crippen LogP contribution in [-0.4, -0.2) is 18.4 Å². The van der Waals surface area contributed by atoms with E-state index in [0.717, 1.165) is 12.1 Å². The van der Waals surface area contributed by atoms with Crippen LogP contribution in [0.4, 0.5) is 10.1 Å². The minimum atomic E-state index is -3.83. The number of sulfonamides is 1. The Labute approximate surface area is 123 Å². The Bertz CT molecular complexity index is 725. The Hall–Kier alpha value is -1.58. The van der Waals surface area contributed by atoms with Crippen molar-refractivity contribution in [2.75, 3.05) is 5.73 Å². The molecule has 0 fully saturated rings. The standard InChI is InChI=1S/C11H10BrFN4O2S/c12-8-3-9(13)10(14)4-11(8)20(18,19)17-5-7-1-2-15-6-16-7/h1-4,6,17H,5,14H2. The summed E-state index contributed by atoms with van der Waals surface area (Å²) in [6.07, 6.45) is 2.82. The van der Waals surface area contributed by atoms with Crippen molar-refractivity contribution in [2.24, 2.45) is 0 Å². The summed E-state index contributed by atoms with van der Waals surface area (Å²) in [5, 5.41) is 0. The Morgan fingerprint density at radius 2 is 2.15 bits per heavy atom. The highest BCUT2D eigenvalue weighted by Crippen LogP contribution is 2.26. The van der Waals surface area contributed by atoms with Crippen LogP contribution in [0.25, 0.3) is 0 Å². The third kappa shape index (κ3) is 3.30. The molecule has 6 nitrogen and oxygen atoms in total. The van der Waals surface area contributed by atoms with Gasteiger partial charge in [-0.2, -0.15) is 0 Å². The lowest BCUT2D eigenvalue weighted by atomic mass is 10.3. The maximum atomic E-state index is 13.2. The van der Waals surface area contributed by atoms with Crippen LogP contribution in [0.2, 0.25) is 0 Å². The molecule has 3 N–H and O–H groups in total. The molecule has 0 saturated carbocycles. The number of hydrogen-bond donors (Lipinski definition) is 2. The number of benzene rings is 1. The van der Waals surface area contributed by atoms with Crippen LogP contribution in [0.5, 0.6) is 0 Å². The monoisotopic (exact) mass is 360 g/mol. The molecule has 9 heteroatoms. The highest BCUT2D eigenvalue weighted by atomic mass is 79.9. The van der Waals surface area contributed by atoms with Crippen molar-refractivity contribution in [1.82, 2.24) is 14.7 Å². The third-order valence-electron chi connectivity index (χ3n) is 2.43. The van der Waals surface area contributed by atoms with Crippen LogP contribution in [0, 0.1) is 5.82 Å². The number of halogens is 2. The number of hydrogen-bond acceptors (Lipinski definition) is 5. The smallest absolute Gasteiger partial charge is 0.242 e. The molecule has 0 bridgehead atoms. The Morgan fingerprint density at radius 1 is 1.40 bits per heavy atom. The summed E-state index contributed by atoms with van der Waals surface area (Å²) >= 11 is 3.00. The molecule has 0 saturated heterocycles. The maximum Gasteiger partial charge on any atom is 0.242 e. The van der Waals surface area contributed by atoms with Gasteiger partial charge in [-0.3, -0.25) is 0 Å². The summed E-state index contributed by atoms with van der Waals surface area (Å²) in [4.78, 5) is 7.49. The largest absolute Gasteiger partial charge is 0.396 e. The first kappa shape index (κ1) is 14.8. The molecule has 0 aliphatic heterocycles. The Kier molecular flexibility index (Phi) is 4.31. The summed E-state index contributed by atoms with van der Waals surface area (Å²) in [7, 11) is -3.83. The van der Waals surface area contributed by atoms with Gasteiger partial charge in [-0.25, -0.2) is 27.5 Å². The number of rotatable bonds is 4. The number of nitrogen functional groups attached to an aromatic ring is 1. The van der Waals surface area contributed by atoms with Gasteiger partial charge in [0.15, 0.2) is 0 Å². The quantitative estimate of drug-likeness (QED) is 0.803. The molecule has 1 heterocycles. The molecule has 106 valence electrons. The van der Waals surface area contributed by atoms with E-state index in [4.69, 9.17) is 5.73 Å². The van der Waals surface area contributed by atoms with Crippen molar-refractivity contribution in [3.05, 3.63) is 46.7 Å². The number of nitrogens with one attached hydrogen (secondary N) is 1. The lowest BCUT2D eigenvalue weighted by Gasteiger charge is -2.09. The molecule has 0 spiro atoms. The van der Waals surface area contributed by atoms with E-state index in [9.17, 15) is 12.8 Å². The van der Waals surface area contributed by atoms with Crippen molar-refractivity contribution in [2.45, 2.75) is 11.4 Å². The van der Waals surface area contributed by atoms with E-state index in [2.05, 4.69) is 30.6 Å². The number of anilines is 1. The number of aromatic nitrogens is 2. The second-order valence-corrected chi connectivity index (χ2v) is 6.42. The molecular formula is C11H10BrFN4O2S. The zero-order chi connectivity index (χ0) is 14.8. The number of nitrogens with zero attached hydrogens (tertiary/aromatic N) is 2. The molecule has 2 aromatic rings. The zero-order valence-corrected chi connectivity index (χ0v) is 12.4. The lowest BCUT2D eigenvalue weighted by Crippen LogP contribution is -2.24. The molecule has 0 aliphatic rings. The molecule has 2 rings (SSSR count). The van der Waals surface area contributed by atoms with Gasteiger partial charge < -0.3 is 5.73 Å². The average Bonchev–Trinajstić information content (AvgIpc) is 2.42. The van der Waals surface area contributed by atoms with Crippen molar-refractivity contribution in [1.29, 1.82) is 0 Å². The molecule has 0 atom stereocenters. The highest BCUT2D eigenvalue weighted by Gasteiger charge is 2.19. The fraction of sp³-hybridized carbons (Fsp3) is 0.0909. The van der Waals surface area contributed by atoms with Crippen molar-refractivity contribution in [3.8, 4) is 0 Å². The number of nitrogens with two attached hydrogens (primary N) is 1. The summed E-state index contributed by atoms with van der Waals surface area (Å²) in [6.45, 7) is -0.00538. The fourth-order valence-corrected chi connectivity index (χ4v) is 3.47. The van der Waals surface area contributed by atoms with E-state index in [1.807, 2.05) is 0 Å². The van der Waals surface area contributed by atoms with E-state index < -0.39 is 15.8 Å². The SMILES string of the molecule is Nc1cc(S(=O)(=O)NCc2ccncn2)c(Br)cc1F. The molecule has 1 aromatic heterocycles. The molecule has 0 unspecified atom stereocenters. The first-order valence-corrected chi connectivity index (χ1v) is 7.67. The second-order valence-electron chi connectivity index (χ2n) is 3.83. The first-order valence-electron chi connectivity index (χ1n) is 5.39. The summed E-state index contributed by atoms with van der Waals surface area (Å²) in [5.41, 5.74) is 5.65. The van der Waals surface area contributed by atoms with Crippen LogP contribution < -0.4 is 10.5 Å². The molecule has 0 radical (unpaired) electrons. The van der Waals surface area contributed by atoms with Gasteiger partial charge in [0.05, 0.1) is 22.8 Å². The van der Waals surface area contributed by atoms with Gasteiger partial charge in [-0.1, -0.05) is 0 Å². The topological polar surface area (TPSA) is 98.0 Å². The summed E-state index contributed by atoms with van der Waals surface area (Å²) < 4.78 is 39.9. The van der Waals surface area contributed by atoms with Crippen LogP contribution >= 0.6 is 15.9 Å². The van der Waals surface area contributed by atoms with Crippen molar-refractivity contribution in [3.63, 3.8) is 0 Å². The van der Waals surface area contributed by atoms with E-state index in [-0.39, 0.29) is 21.6 Å². The average molecular weight is 361 g/mol. The van der Waals surface area contributed by atoms with Gasteiger partial charge >= 0.3 is 0 Å². The Balaban J connectivity index is 2.25. The van der Waals surface area contributed by atoms with Gasteiger partial charge in [-0.05, 0) is 34.1 Å². The molecule has 20 heavy (non-hydrogen) atoms. The van der Waals surface area contributed by atoms with E-state index in [0.29, 0.717) is 5.69 Å². The van der Waals surface area contributed by atoms with Gasteiger partial charge in [0, 0.05) is 10.7 Å². The third-order valence-corrected chi connectivity index (χ3v) is 4.79. The van der Waals surface area contributed by atoms with Gasteiger partial charge in [-0.15, -0.1) is 0 Å². The minimum absolute atomic E-state index is 0.00538. The Morgan fingerprint density at radius 3 is 2.80 bits per heavy atom. The van der Waals surface area contributed by atoms with Crippen LogP contribution in [0.15, 0.2) is 40.1 Å². The summed E-state index contributed by atoms with van der Waals surface area (Å²) in [5.74, 6) is -0.688. The van der Waals surface area contributed by atoms with Gasteiger partial charge in [0.2, 0.25) is 10.0 Å². The molecule has 0 amide bonds. The van der Waals surface area contributed by atoms with Crippen molar-refractivity contribution < 1.29 is 12.8 Å². The van der Waals surface area contributed by atoms with E-state index in [1.165, 1.54) is 12.5 Å². The summed E-state index contributed by atoms with van der Waals surface area (Å²) in [6, 6.07) is 3.65. The first-order chi connectivity index (χ1) is 9.40. The normalized spacial score (nSPS) is 11.5. The highest BCUT2D eigenvalue weighted by molar-refractivity contribution is 9.10. The fourth-order valence-electron chi connectivity index (χ4n) is 1.42. The predicted octanol–water partition coefficient (Wildman–Crippen LogP) is 1.44. The predicted molar refractivity (Wildman–Crippen MR) is 74.6 cm³/mol. The lowest BCUT2D eigenvalue weighted by molar-refractivity contribution is 0.579. The van der Waals surface area contributed by atoms with Gasteiger partial charge in [0.1, 0.15) is 12.1 Å². The second kappa shape index (κ2) is 5.81. The van der Waals surface area contributed by atoms with E-state index in [1.54, 1.807) is 6.07 Å². The minimum Gasteiger partial charge on any atom is -0.396 e.